The van der Waals surface area contributed by atoms with E-state index in [0.29, 0.717) is 16.6 Å². The monoisotopic (exact) mass is 368 g/mol. The van der Waals surface area contributed by atoms with Crippen LogP contribution in [0.4, 0.5) is 5.69 Å². The van der Waals surface area contributed by atoms with Crippen molar-refractivity contribution in [3.8, 4) is 22.3 Å². The highest BCUT2D eigenvalue weighted by Crippen LogP contribution is 2.39. The van der Waals surface area contributed by atoms with E-state index < -0.39 is 0 Å². The molecule has 0 aliphatic carbocycles. The van der Waals surface area contributed by atoms with Gasteiger partial charge in [0, 0.05) is 16.2 Å². The van der Waals surface area contributed by atoms with Crippen LogP contribution >= 0.6 is 24.2 Å². The summed E-state index contributed by atoms with van der Waals surface area (Å²) in [5.41, 5.74) is 5.51. The highest BCUT2D eigenvalue weighted by atomic mass is 35.5. The smallest absolute Gasteiger partial charge is 0.179 e. The summed E-state index contributed by atoms with van der Waals surface area (Å²) in [5.74, 6) is 1.16. The summed E-state index contributed by atoms with van der Waals surface area (Å²) in [6.07, 6.45) is 0. The van der Waals surface area contributed by atoms with E-state index in [2.05, 4.69) is 49.9 Å². The van der Waals surface area contributed by atoms with Gasteiger partial charge in [0.1, 0.15) is 0 Å². The molecule has 0 bridgehead atoms. The molecule has 0 spiro atoms. The van der Waals surface area contributed by atoms with Crippen LogP contribution in [0, 0.1) is 4.91 Å². The van der Waals surface area contributed by atoms with E-state index in [4.69, 9.17) is 11.6 Å². The highest BCUT2D eigenvalue weighted by molar-refractivity contribution is 7.80. The molecule has 0 aliphatic rings. The first-order chi connectivity index (χ1) is 12.2. The standard InChI is InChI=1S/C21H18ClNOS/c1-14(13-25)15-6-4-7-16(12-15)17-8-2-3-9-18(17)21-19(22)10-5-11-20(21)23-24/h2-12,14,25H,13H2,1H3/p+1. The molecule has 3 rings (SSSR count). The Morgan fingerprint density at radius 1 is 1.00 bits per heavy atom. The van der Waals surface area contributed by atoms with Gasteiger partial charge in [0.25, 0.3) is 5.69 Å². The molecule has 0 heterocycles. The molecule has 3 aromatic carbocycles. The zero-order valence-corrected chi connectivity index (χ0v) is 15.5. The molecule has 3 aromatic rings. The molecule has 126 valence electrons. The third kappa shape index (κ3) is 3.63. The van der Waals surface area contributed by atoms with E-state index in [1.54, 1.807) is 18.2 Å². The summed E-state index contributed by atoms with van der Waals surface area (Å²) in [6, 6.07) is 21.7. The lowest BCUT2D eigenvalue weighted by atomic mass is 9.91. The van der Waals surface area contributed by atoms with Gasteiger partial charge in [-0.3, -0.25) is 0 Å². The van der Waals surface area contributed by atoms with Gasteiger partial charge >= 0.3 is 0 Å². The minimum absolute atomic E-state index is 0.370. The van der Waals surface area contributed by atoms with E-state index in [0.717, 1.165) is 28.0 Å². The van der Waals surface area contributed by atoms with Gasteiger partial charge in [-0.2, -0.15) is 12.6 Å². The third-order valence-corrected chi connectivity index (χ3v) is 5.22. The van der Waals surface area contributed by atoms with Crippen LogP contribution in [0.2, 0.25) is 5.02 Å². The number of benzene rings is 3. The van der Waals surface area contributed by atoms with Crippen molar-refractivity contribution in [2.24, 2.45) is 0 Å². The van der Waals surface area contributed by atoms with Crippen LogP contribution < -0.4 is 5.18 Å². The number of hydrogen-bond donors (Lipinski definition) is 2. The van der Waals surface area contributed by atoms with Crippen LogP contribution in [0.15, 0.2) is 66.7 Å². The first-order valence-electron chi connectivity index (χ1n) is 8.13. The van der Waals surface area contributed by atoms with Crippen LogP contribution in [0.5, 0.6) is 0 Å². The van der Waals surface area contributed by atoms with Gasteiger partial charge < -0.3 is 0 Å². The van der Waals surface area contributed by atoms with E-state index in [-0.39, 0.29) is 0 Å². The SMILES string of the molecule is CC(CS)c1cccc(-c2ccccc2-c2c(Cl)cccc2[NH+]=O)c1. The first kappa shape index (κ1) is 17.7. The third-order valence-electron chi connectivity index (χ3n) is 4.36. The van der Waals surface area contributed by atoms with Crippen LogP contribution in [0.25, 0.3) is 22.3 Å². The average Bonchev–Trinajstić information content (AvgIpc) is 2.67. The van der Waals surface area contributed by atoms with E-state index in [9.17, 15) is 4.91 Å². The van der Waals surface area contributed by atoms with Crippen molar-refractivity contribution in [1.29, 1.82) is 0 Å². The van der Waals surface area contributed by atoms with Gasteiger partial charge in [0.15, 0.2) is 0 Å². The maximum absolute atomic E-state index is 11.4. The Morgan fingerprint density at radius 2 is 1.72 bits per heavy atom. The number of halogens is 1. The van der Waals surface area contributed by atoms with Crippen molar-refractivity contribution in [3.63, 3.8) is 0 Å². The van der Waals surface area contributed by atoms with E-state index in [1.807, 2.05) is 23.4 Å². The Morgan fingerprint density at radius 3 is 2.44 bits per heavy atom. The van der Waals surface area contributed by atoms with Gasteiger partial charge in [-0.15, -0.1) is 0 Å². The number of thiol groups is 1. The van der Waals surface area contributed by atoms with E-state index >= 15 is 0 Å². The summed E-state index contributed by atoms with van der Waals surface area (Å²) in [7, 11) is 0. The molecule has 0 radical (unpaired) electrons. The van der Waals surface area contributed by atoms with Gasteiger partial charge in [0.05, 0.1) is 10.6 Å². The molecule has 0 saturated heterocycles. The fraction of sp³-hybridized carbons (Fsp3) is 0.143. The molecule has 4 heteroatoms. The quantitative estimate of drug-likeness (QED) is 0.597. The Bertz CT molecular complexity index is 910. The second-order valence-electron chi connectivity index (χ2n) is 6.02. The first-order valence-corrected chi connectivity index (χ1v) is 9.14. The molecule has 1 atom stereocenters. The lowest BCUT2D eigenvalue weighted by molar-refractivity contribution is -0.378. The van der Waals surface area contributed by atoms with E-state index in [1.165, 1.54) is 5.56 Å². The lowest BCUT2D eigenvalue weighted by Crippen LogP contribution is -2.56. The van der Waals surface area contributed by atoms with Gasteiger partial charge in [-0.05, 0) is 40.0 Å². The Kier molecular flexibility index (Phi) is 5.57. The Hall–Kier alpha value is -2.10. The number of hydrogen-bond acceptors (Lipinski definition) is 2. The molecule has 0 amide bonds. The Labute approximate surface area is 158 Å². The van der Waals surface area contributed by atoms with Crippen molar-refractivity contribution in [3.05, 3.63) is 82.2 Å². The van der Waals surface area contributed by atoms with Crippen LogP contribution in [-0.4, -0.2) is 5.75 Å². The summed E-state index contributed by atoms with van der Waals surface area (Å²) in [6.45, 7) is 2.16. The average molecular weight is 369 g/mol. The number of nitrogens with one attached hydrogen (secondary N) is 1. The molecular weight excluding hydrogens is 350 g/mol. The molecule has 0 aromatic heterocycles. The molecule has 1 unspecified atom stereocenters. The summed E-state index contributed by atoms with van der Waals surface area (Å²) in [5, 5.41) is 2.56. The largest absolute Gasteiger partial charge is 0.262 e. The fourth-order valence-electron chi connectivity index (χ4n) is 2.95. The maximum atomic E-state index is 11.4. The summed E-state index contributed by atoms with van der Waals surface area (Å²) < 4.78 is 0. The van der Waals surface area contributed by atoms with Crippen LogP contribution in [0.1, 0.15) is 18.4 Å². The minimum Gasteiger partial charge on any atom is -0.179 e. The molecule has 0 saturated carbocycles. The topological polar surface area (TPSA) is 31.0 Å². The predicted molar refractivity (Wildman–Crippen MR) is 109 cm³/mol. The van der Waals surface area contributed by atoms with Crippen LogP contribution in [0.3, 0.4) is 0 Å². The highest BCUT2D eigenvalue weighted by Gasteiger charge is 2.18. The molecular formula is C21H19ClNOS+. The summed E-state index contributed by atoms with van der Waals surface area (Å²) >= 11 is 10.8. The molecule has 1 N–H and O–H groups in total. The maximum Gasteiger partial charge on any atom is 0.262 e. The molecule has 25 heavy (non-hydrogen) atoms. The van der Waals surface area contributed by atoms with Crippen molar-refractivity contribution in [2.75, 3.05) is 5.75 Å². The lowest BCUT2D eigenvalue weighted by Gasteiger charge is -2.14. The summed E-state index contributed by atoms with van der Waals surface area (Å²) in [4.78, 5) is 11.4. The van der Waals surface area contributed by atoms with Crippen molar-refractivity contribution < 1.29 is 5.18 Å². The van der Waals surface area contributed by atoms with Gasteiger partial charge in [-0.1, -0.05) is 73.1 Å². The normalized spacial score (nSPS) is 12.0. The second kappa shape index (κ2) is 7.85. The molecule has 0 fully saturated rings. The van der Waals surface area contributed by atoms with Gasteiger partial charge in [-0.25, -0.2) is 0 Å². The Balaban J connectivity index is 2.21. The van der Waals surface area contributed by atoms with Gasteiger partial charge in [0.2, 0.25) is 0 Å². The van der Waals surface area contributed by atoms with Crippen LogP contribution in [-0.2, 0) is 0 Å². The number of rotatable bonds is 5. The molecule has 2 nitrogen and oxygen atoms in total. The van der Waals surface area contributed by atoms with Crippen molar-refractivity contribution >= 4 is 29.9 Å². The minimum atomic E-state index is 0.370. The second-order valence-corrected chi connectivity index (χ2v) is 6.79. The zero-order chi connectivity index (χ0) is 17.8. The van der Waals surface area contributed by atoms with Crippen molar-refractivity contribution in [1.82, 2.24) is 0 Å². The predicted octanol–water partition coefficient (Wildman–Crippen LogP) is 5.19. The zero-order valence-electron chi connectivity index (χ0n) is 13.9. The number of nitroso groups, excluding NO2 is 1. The molecule has 0 aliphatic heterocycles. The van der Waals surface area contributed by atoms with Crippen molar-refractivity contribution in [2.45, 2.75) is 12.8 Å². The fourth-order valence-corrected chi connectivity index (χ4v) is 3.44.